The predicted octanol–water partition coefficient (Wildman–Crippen LogP) is 0.880. The maximum absolute atomic E-state index is 11.9. The third-order valence-corrected chi connectivity index (χ3v) is 2.49. The quantitative estimate of drug-likeness (QED) is 0.564. The maximum atomic E-state index is 11.9. The Balaban J connectivity index is 2.52. The number of nitrogens with two attached hydrogens (primary N) is 1. The summed E-state index contributed by atoms with van der Waals surface area (Å²) in [5.41, 5.74) is 5.91. The van der Waals surface area contributed by atoms with Crippen LogP contribution in [0.25, 0.3) is 0 Å². The maximum Gasteiger partial charge on any atom is 0.273 e. The van der Waals surface area contributed by atoms with Crippen LogP contribution >= 0.6 is 0 Å². The van der Waals surface area contributed by atoms with E-state index in [1.165, 1.54) is 0 Å². The van der Waals surface area contributed by atoms with Crippen LogP contribution in [0.1, 0.15) is 23.3 Å². The van der Waals surface area contributed by atoms with Crippen LogP contribution in [-0.4, -0.2) is 40.5 Å². The molecule has 0 radical (unpaired) electrons. The van der Waals surface area contributed by atoms with E-state index < -0.39 is 0 Å². The summed E-state index contributed by atoms with van der Waals surface area (Å²) in [4.78, 5) is 17.7. The molecule has 94 valence electrons. The molecule has 2 N–H and O–H groups in total. The SMILES string of the molecule is C=CCCCN(C)C(=O)c1cn(CCN)cn1. The van der Waals surface area contributed by atoms with E-state index in [0.717, 1.165) is 12.8 Å². The van der Waals surface area contributed by atoms with Gasteiger partial charge in [0.15, 0.2) is 0 Å². The first-order valence-electron chi connectivity index (χ1n) is 5.77. The summed E-state index contributed by atoms with van der Waals surface area (Å²) in [7, 11) is 1.79. The zero-order chi connectivity index (χ0) is 12.7. The minimum Gasteiger partial charge on any atom is -0.340 e. The summed E-state index contributed by atoms with van der Waals surface area (Å²) >= 11 is 0. The molecular weight excluding hydrogens is 216 g/mol. The number of rotatable bonds is 7. The van der Waals surface area contributed by atoms with E-state index in [9.17, 15) is 4.79 Å². The Labute approximate surface area is 102 Å². The van der Waals surface area contributed by atoms with Crippen LogP contribution in [0.2, 0.25) is 0 Å². The molecule has 0 fully saturated rings. The van der Waals surface area contributed by atoms with Gasteiger partial charge >= 0.3 is 0 Å². The topological polar surface area (TPSA) is 64.2 Å². The van der Waals surface area contributed by atoms with Gasteiger partial charge in [-0.1, -0.05) is 6.08 Å². The lowest BCUT2D eigenvalue weighted by atomic mass is 10.3. The van der Waals surface area contributed by atoms with Crippen molar-refractivity contribution >= 4 is 5.91 Å². The minimum atomic E-state index is -0.0511. The third-order valence-electron chi connectivity index (χ3n) is 2.49. The van der Waals surface area contributed by atoms with Crippen molar-refractivity contribution in [3.63, 3.8) is 0 Å². The second-order valence-electron chi connectivity index (χ2n) is 3.94. The normalized spacial score (nSPS) is 10.2. The van der Waals surface area contributed by atoms with Crippen molar-refractivity contribution in [3.8, 4) is 0 Å². The molecule has 0 aliphatic carbocycles. The predicted molar refractivity (Wildman–Crippen MR) is 67.7 cm³/mol. The van der Waals surface area contributed by atoms with Crippen LogP contribution in [0.3, 0.4) is 0 Å². The summed E-state index contributed by atoms with van der Waals surface area (Å²) in [5.74, 6) is -0.0511. The molecule has 1 heterocycles. The molecule has 1 rings (SSSR count). The first-order chi connectivity index (χ1) is 8.19. The number of allylic oxidation sites excluding steroid dienone is 1. The van der Waals surface area contributed by atoms with E-state index in [4.69, 9.17) is 5.73 Å². The Hall–Kier alpha value is -1.62. The third kappa shape index (κ3) is 4.03. The summed E-state index contributed by atoms with van der Waals surface area (Å²) in [6, 6.07) is 0. The van der Waals surface area contributed by atoms with Crippen LogP contribution < -0.4 is 5.73 Å². The molecule has 0 bridgehead atoms. The van der Waals surface area contributed by atoms with E-state index >= 15 is 0 Å². The number of nitrogens with zero attached hydrogens (tertiary/aromatic N) is 3. The van der Waals surface area contributed by atoms with Crippen LogP contribution in [0.15, 0.2) is 25.2 Å². The molecule has 5 nitrogen and oxygen atoms in total. The highest BCUT2D eigenvalue weighted by Gasteiger charge is 2.13. The monoisotopic (exact) mass is 236 g/mol. The largest absolute Gasteiger partial charge is 0.340 e. The fraction of sp³-hybridized carbons (Fsp3) is 0.500. The van der Waals surface area contributed by atoms with Gasteiger partial charge in [-0.25, -0.2) is 4.98 Å². The highest BCUT2D eigenvalue weighted by atomic mass is 16.2. The first-order valence-corrected chi connectivity index (χ1v) is 5.77. The van der Waals surface area contributed by atoms with Gasteiger partial charge in [0.25, 0.3) is 5.91 Å². The van der Waals surface area contributed by atoms with Crippen molar-refractivity contribution < 1.29 is 4.79 Å². The number of hydrogen-bond acceptors (Lipinski definition) is 3. The molecule has 1 aromatic rings. The Bertz CT molecular complexity index is 372. The van der Waals surface area contributed by atoms with Gasteiger partial charge in [0.2, 0.25) is 0 Å². The number of carbonyl (C=O) groups is 1. The minimum absolute atomic E-state index is 0.0511. The van der Waals surface area contributed by atoms with Gasteiger partial charge in [-0.3, -0.25) is 4.79 Å². The number of aromatic nitrogens is 2. The van der Waals surface area contributed by atoms with Crippen molar-refractivity contribution in [1.29, 1.82) is 0 Å². The summed E-state index contributed by atoms with van der Waals surface area (Å²) in [6.07, 6.45) is 7.07. The first kappa shape index (κ1) is 13.4. The van der Waals surface area contributed by atoms with Gasteiger partial charge in [-0.2, -0.15) is 0 Å². The number of carbonyl (C=O) groups excluding carboxylic acids is 1. The second kappa shape index (κ2) is 6.85. The lowest BCUT2D eigenvalue weighted by Gasteiger charge is -2.14. The summed E-state index contributed by atoms with van der Waals surface area (Å²) in [6.45, 7) is 5.59. The molecule has 0 saturated heterocycles. The second-order valence-corrected chi connectivity index (χ2v) is 3.94. The molecule has 0 spiro atoms. The Morgan fingerprint density at radius 3 is 3.12 bits per heavy atom. The van der Waals surface area contributed by atoms with Gasteiger partial charge < -0.3 is 15.2 Å². The molecule has 0 aliphatic rings. The molecule has 0 aliphatic heterocycles. The molecule has 0 unspecified atom stereocenters. The molecule has 1 amide bonds. The van der Waals surface area contributed by atoms with Crippen molar-refractivity contribution in [1.82, 2.24) is 14.5 Å². The van der Waals surface area contributed by atoms with Gasteiger partial charge in [-0.05, 0) is 12.8 Å². The number of unbranched alkanes of at least 4 members (excludes halogenated alkanes) is 1. The molecule has 0 atom stereocenters. The van der Waals surface area contributed by atoms with Crippen LogP contribution in [0.5, 0.6) is 0 Å². The van der Waals surface area contributed by atoms with Crippen molar-refractivity contribution in [3.05, 3.63) is 30.9 Å². The molecule has 1 aromatic heterocycles. The van der Waals surface area contributed by atoms with E-state index in [0.29, 0.717) is 25.3 Å². The molecule has 5 heteroatoms. The number of amides is 1. The van der Waals surface area contributed by atoms with Crippen LogP contribution in [0.4, 0.5) is 0 Å². The van der Waals surface area contributed by atoms with Crippen molar-refractivity contribution in [2.75, 3.05) is 20.1 Å². The van der Waals surface area contributed by atoms with Gasteiger partial charge in [0.1, 0.15) is 5.69 Å². The van der Waals surface area contributed by atoms with Gasteiger partial charge in [-0.15, -0.1) is 6.58 Å². The molecule has 0 saturated carbocycles. The van der Waals surface area contributed by atoms with Crippen LogP contribution in [0, 0.1) is 0 Å². The molecule has 17 heavy (non-hydrogen) atoms. The zero-order valence-corrected chi connectivity index (χ0v) is 10.3. The van der Waals surface area contributed by atoms with Crippen molar-refractivity contribution in [2.45, 2.75) is 19.4 Å². The highest BCUT2D eigenvalue weighted by Crippen LogP contribution is 2.02. The fourth-order valence-corrected chi connectivity index (χ4v) is 1.51. The Kier molecular flexibility index (Phi) is 5.42. The Morgan fingerprint density at radius 1 is 1.71 bits per heavy atom. The van der Waals surface area contributed by atoms with Crippen LogP contribution in [-0.2, 0) is 6.54 Å². The van der Waals surface area contributed by atoms with E-state index in [2.05, 4.69) is 11.6 Å². The lowest BCUT2D eigenvalue weighted by Crippen LogP contribution is -2.28. The average Bonchev–Trinajstić information content (AvgIpc) is 2.77. The fourth-order valence-electron chi connectivity index (χ4n) is 1.51. The molecular formula is C12H20N4O. The van der Waals surface area contributed by atoms with Crippen molar-refractivity contribution in [2.24, 2.45) is 5.73 Å². The highest BCUT2D eigenvalue weighted by molar-refractivity contribution is 5.91. The standard InChI is InChI=1S/C12H20N4O/c1-3-4-5-7-15(2)12(17)11-9-16(8-6-13)10-14-11/h3,9-10H,1,4-8,13H2,2H3. The number of hydrogen-bond donors (Lipinski definition) is 1. The van der Waals surface area contributed by atoms with E-state index in [-0.39, 0.29) is 5.91 Å². The lowest BCUT2D eigenvalue weighted by molar-refractivity contribution is 0.0788. The van der Waals surface area contributed by atoms with Gasteiger partial charge in [0.05, 0.1) is 6.33 Å². The van der Waals surface area contributed by atoms with E-state index in [1.807, 2.05) is 10.6 Å². The summed E-state index contributed by atoms with van der Waals surface area (Å²) in [5, 5.41) is 0. The van der Waals surface area contributed by atoms with E-state index in [1.54, 1.807) is 24.5 Å². The van der Waals surface area contributed by atoms with Gasteiger partial charge in [0, 0.05) is 32.9 Å². The number of imidazole rings is 1. The summed E-state index contributed by atoms with van der Waals surface area (Å²) < 4.78 is 1.82. The Morgan fingerprint density at radius 2 is 2.47 bits per heavy atom. The zero-order valence-electron chi connectivity index (χ0n) is 10.3. The average molecular weight is 236 g/mol. The molecule has 0 aromatic carbocycles. The smallest absolute Gasteiger partial charge is 0.273 e.